The summed E-state index contributed by atoms with van der Waals surface area (Å²) in [6, 6.07) is 5.24. The van der Waals surface area contributed by atoms with E-state index in [0.717, 1.165) is 29.4 Å². The van der Waals surface area contributed by atoms with Crippen molar-refractivity contribution in [3.8, 4) is 5.75 Å². The minimum Gasteiger partial charge on any atom is -0.480 e. The summed E-state index contributed by atoms with van der Waals surface area (Å²) in [7, 11) is 0. The molecule has 1 aliphatic heterocycles. The quantitative estimate of drug-likeness (QED) is 0.771. The Balaban J connectivity index is 1.79. The average Bonchev–Trinajstić information content (AvgIpc) is 2.50. The second-order valence-corrected chi connectivity index (χ2v) is 9.88. The minimum absolute atomic E-state index is 0.0746. The molecule has 6 heteroatoms. The number of nitrogens with two attached hydrogens (primary N) is 1. The maximum atomic E-state index is 12.9. The van der Waals surface area contributed by atoms with Crippen LogP contribution in [0.25, 0.3) is 11.0 Å². The molecule has 0 spiro atoms. The Bertz CT molecular complexity index is 974. The van der Waals surface area contributed by atoms with E-state index in [-0.39, 0.29) is 23.0 Å². The van der Waals surface area contributed by atoms with Gasteiger partial charge in [-0.05, 0) is 71.7 Å². The number of hydrogen-bond acceptors (Lipinski definition) is 4. The molecule has 1 atom stereocenters. The van der Waals surface area contributed by atoms with Gasteiger partial charge in [-0.25, -0.2) is 4.79 Å². The van der Waals surface area contributed by atoms with Crippen molar-refractivity contribution >= 4 is 16.9 Å². The van der Waals surface area contributed by atoms with Crippen LogP contribution < -0.4 is 21.0 Å². The highest BCUT2D eigenvalue weighted by Crippen LogP contribution is 2.30. The predicted molar refractivity (Wildman–Crippen MR) is 113 cm³/mol. The Hall–Kier alpha value is -2.34. The average molecular weight is 402 g/mol. The number of rotatable bonds is 4. The largest absolute Gasteiger partial charge is 0.480 e. The number of nitrogens with one attached hydrogen (secondary N) is 1. The van der Waals surface area contributed by atoms with Gasteiger partial charge in [-0.1, -0.05) is 0 Å². The third-order valence-electron chi connectivity index (χ3n) is 5.50. The first-order valence-corrected chi connectivity index (χ1v) is 10.2. The molecule has 3 rings (SSSR count). The zero-order chi connectivity index (χ0) is 21.6. The highest BCUT2D eigenvalue weighted by atomic mass is 16.5. The molecule has 2 aromatic rings. The van der Waals surface area contributed by atoms with E-state index in [1.807, 2.05) is 26.0 Å². The van der Waals surface area contributed by atoms with Gasteiger partial charge in [-0.3, -0.25) is 4.79 Å². The number of fused-ring (bicyclic) bond motifs is 1. The molecule has 1 aromatic heterocycles. The third-order valence-corrected chi connectivity index (χ3v) is 5.50. The summed E-state index contributed by atoms with van der Waals surface area (Å²) in [5.74, 6) is 0.426. The summed E-state index contributed by atoms with van der Waals surface area (Å²) < 4.78 is 11.4. The van der Waals surface area contributed by atoms with E-state index in [1.165, 1.54) is 6.07 Å². The highest BCUT2D eigenvalue weighted by Gasteiger charge is 2.42. The van der Waals surface area contributed by atoms with Gasteiger partial charge in [0.1, 0.15) is 11.3 Å². The van der Waals surface area contributed by atoms with Crippen molar-refractivity contribution < 1.29 is 19.3 Å². The lowest BCUT2D eigenvalue weighted by Crippen LogP contribution is -3.06. The van der Waals surface area contributed by atoms with Gasteiger partial charge in [-0.15, -0.1) is 0 Å². The van der Waals surface area contributed by atoms with Crippen LogP contribution in [0.4, 0.5) is 0 Å². The van der Waals surface area contributed by atoms with Gasteiger partial charge in [0.25, 0.3) is 5.91 Å². The summed E-state index contributed by atoms with van der Waals surface area (Å²) in [5.41, 5.74) is 1.90. The topological polar surface area (TPSA) is 85.1 Å². The van der Waals surface area contributed by atoms with Crippen molar-refractivity contribution in [3.05, 3.63) is 39.7 Å². The van der Waals surface area contributed by atoms with E-state index in [2.05, 4.69) is 38.3 Å². The number of carbonyl (C=O) groups is 1. The fourth-order valence-electron chi connectivity index (χ4n) is 4.85. The zero-order valence-corrected chi connectivity index (χ0v) is 18.5. The Kier molecular flexibility index (Phi) is 5.52. The van der Waals surface area contributed by atoms with Crippen molar-refractivity contribution in [1.82, 2.24) is 5.32 Å². The summed E-state index contributed by atoms with van der Waals surface area (Å²) in [6.45, 7) is 14.3. The van der Waals surface area contributed by atoms with Crippen LogP contribution in [0.3, 0.4) is 0 Å². The van der Waals surface area contributed by atoms with E-state index >= 15 is 0 Å². The third kappa shape index (κ3) is 4.99. The number of aryl methyl sites for hydroxylation is 2. The molecule has 2 heterocycles. The van der Waals surface area contributed by atoms with Crippen molar-refractivity contribution in [2.24, 2.45) is 0 Å². The molecule has 0 bridgehead atoms. The maximum absolute atomic E-state index is 12.9. The van der Waals surface area contributed by atoms with Crippen LogP contribution in [0.15, 0.2) is 27.4 Å². The monoisotopic (exact) mass is 401 g/mol. The molecule has 158 valence electrons. The number of piperidine rings is 1. The van der Waals surface area contributed by atoms with Crippen molar-refractivity contribution in [2.75, 3.05) is 0 Å². The molecule has 6 nitrogen and oxygen atoms in total. The lowest BCUT2D eigenvalue weighted by molar-refractivity contribution is -0.787. The van der Waals surface area contributed by atoms with Gasteiger partial charge >= 0.3 is 5.63 Å². The molecule has 1 aliphatic rings. The summed E-state index contributed by atoms with van der Waals surface area (Å²) in [4.78, 5) is 24.6. The van der Waals surface area contributed by atoms with E-state index in [9.17, 15) is 9.59 Å². The molecule has 29 heavy (non-hydrogen) atoms. The minimum atomic E-state index is -0.663. The Labute approximate surface area is 172 Å². The highest BCUT2D eigenvalue weighted by molar-refractivity contribution is 5.88. The maximum Gasteiger partial charge on any atom is 0.336 e. The van der Waals surface area contributed by atoms with Gasteiger partial charge in [0, 0.05) is 24.9 Å². The summed E-state index contributed by atoms with van der Waals surface area (Å²) in [6.07, 6.45) is 1.16. The van der Waals surface area contributed by atoms with E-state index in [1.54, 1.807) is 6.92 Å². The van der Waals surface area contributed by atoms with Crippen LogP contribution in [0, 0.1) is 13.8 Å². The van der Waals surface area contributed by atoms with Crippen LogP contribution >= 0.6 is 0 Å². The van der Waals surface area contributed by atoms with Gasteiger partial charge in [0.2, 0.25) is 0 Å². The fourth-order valence-corrected chi connectivity index (χ4v) is 4.85. The number of amides is 1. The van der Waals surface area contributed by atoms with Gasteiger partial charge in [-0.2, -0.15) is 0 Å². The number of carbonyl (C=O) groups excluding carboxylic acids is 1. The lowest BCUT2D eigenvalue weighted by atomic mass is 9.79. The second-order valence-electron chi connectivity index (χ2n) is 9.88. The summed E-state index contributed by atoms with van der Waals surface area (Å²) >= 11 is 0. The molecule has 1 amide bonds. The van der Waals surface area contributed by atoms with Gasteiger partial charge in [0.15, 0.2) is 6.10 Å². The number of hydrogen-bond donors (Lipinski definition) is 2. The Morgan fingerprint density at radius 3 is 2.41 bits per heavy atom. The Morgan fingerprint density at radius 1 is 1.17 bits per heavy atom. The van der Waals surface area contributed by atoms with Crippen LogP contribution in [0.1, 0.15) is 58.6 Å². The number of quaternary nitrogens is 1. The smallest absolute Gasteiger partial charge is 0.336 e. The molecular formula is C23H33N2O4+. The standard InChI is InChI=1S/C23H32N2O4/c1-13-8-17(20-14(2)10-19(26)29-18(20)9-13)28-15(3)21(27)24-16-11-22(4,5)25-23(6,7)12-16/h8-10,15-16,25H,11-12H2,1-7H3,(H,24,27)/p+1/t15-/m1/s1. The molecule has 1 saturated heterocycles. The first kappa shape index (κ1) is 21.4. The normalized spacial score (nSPS) is 19.7. The summed E-state index contributed by atoms with van der Waals surface area (Å²) in [5, 5.41) is 6.29. The van der Waals surface area contributed by atoms with Crippen LogP contribution in [0.2, 0.25) is 0 Å². The fraction of sp³-hybridized carbons (Fsp3) is 0.565. The molecule has 1 fully saturated rings. The predicted octanol–water partition coefficient (Wildman–Crippen LogP) is 2.58. The van der Waals surface area contributed by atoms with Crippen LogP contribution in [-0.2, 0) is 4.79 Å². The second kappa shape index (κ2) is 7.48. The van der Waals surface area contributed by atoms with Crippen LogP contribution in [0.5, 0.6) is 5.75 Å². The molecule has 3 N–H and O–H groups in total. The SMILES string of the molecule is Cc1cc(O[C@H](C)C(=O)NC2CC(C)(C)[NH2+]C(C)(C)C2)c2c(C)cc(=O)oc2c1. The molecular weight excluding hydrogens is 368 g/mol. The molecule has 0 unspecified atom stereocenters. The van der Waals surface area contributed by atoms with Crippen LogP contribution in [-0.4, -0.2) is 29.1 Å². The Morgan fingerprint density at radius 2 is 1.79 bits per heavy atom. The van der Waals surface area contributed by atoms with Gasteiger partial charge in [0.05, 0.1) is 16.5 Å². The molecule has 0 saturated carbocycles. The molecule has 1 aromatic carbocycles. The van der Waals surface area contributed by atoms with E-state index in [0.29, 0.717) is 11.3 Å². The van der Waals surface area contributed by atoms with Crippen molar-refractivity contribution in [1.29, 1.82) is 0 Å². The van der Waals surface area contributed by atoms with Crippen molar-refractivity contribution in [3.63, 3.8) is 0 Å². The zero-order valence-electron chi connectivity index (χ0n) is 18.5. The molecule has 0 aliphatic carbocycles. The number of benzene rings is 1. The first-order valence-electron chi connectivity index (χ1n) is 10.2. The lowest BCUT2D eigenvalue weighted by Gasteiger charge is -2.43. The van der Waals surface area contributed by atoms with E-state index in [4.69, 9.17) is 9.15 Å². The molecule has 0 radical (unpaired) electrons. The van der Waals surface area contributed by atoms with Crippen molar-refractivity contribution in [2.45, 2.75) is 84.5 Å². The first-order chi connectivity index (χ1) is 13.3. The van der Waals surface area contributed by atoms with Gasteiger partial charge < -0.3 is 19.8 Å². The number of ether oxygens (including phenoxy) is 1. The van der Waals surface area contributed by atoms with E-state index < -0.39 is 11.7 Å².